The molecule has 2 aliphatic rings. The molecule has 2 aromatic heterocycles. The largest absolute Gasteiger partial charge is 0.496 e. The normalized spacial score (nSPS) is 17.1. The fourth-order valence-electron chi connectivity index (χ4n) is 3.98. The van der Waals surface area contributed by atoms with Crippen molar-refractivity contribution < 1.29 is 4.74 Å². The summed E-state index contributed by atoms with van der Waals surface area (Å²) in [5.74, 6) is 2.81. The minimum atomic E-state index is 0.519. The van der Waals surface area contributed by atoms with Crippen LogP contribution in [0.15, 0.2) is 30.6 Å². The molecule has 0 spiro atoms. The van der Waals surface area contributed by atoms with Crippen molar-refractivity contribution in [3.63, 3.8) is 0 Å². The molecule has 7 heteroatoms. The van der Waals surface area contributed by atoms with Crippen LogP contribution in [-0.2, 0) is 0 Å². The topological polar surface area (TPSA) is 89.2 Å². The van der Waals surface area contributed by atoms with Gasteiger partial charge in [-0.15, -0.1) is 0 Å². The molecule has 2 fully saturated rings. The average Bonchev–Trinajstić information content (AvgIpc) is 3.58. The van der Waals surface area contributed by atoms with Crippen LogP contribution >= 0.6 is 0 Å². The van der Waals surface area contributed by atoms with Gasteiger partial charge in [-0.25, -0.2) is 15.0 Å². The number of hydrogen-bond donors (Lipinski definition) is 2. The number of nitrogens with one attached hydrogen (secondary N) is 1. The van der Waals surface area contributed by atoms with Crippen molar-refractivity contribution in [1.29, 1.82) is 0 Å². The van der Waals surface area contributed by atoms with E-state index < -0.39 is 0 Å². The van der Waals surface area contributed by atoms with Crippen molar-refractivity contribution in [1.82, 2.24) is 20.3 Å². The third-order valence-electron chi connectivity index (χ3n) is 5.57. The van der Waals surface area contributed by atoms with Crippen LogP contribution in [0.25, 0.3) is 22.2 Å². The zero-order valence-corrected chi connectivity index (χ0v) is 16.0. The number of fused-ring (bicyclic) bond motifs is 1. The first-order valence-corrected chi connectivity index (χ1v) is 9.80. The van der Waals surface area contributed by atoms with Crippen LogP contribution in [-0.4, -0.2) is 48.2 Å². The first-order valence-electron chi connectivity index (χ1n) is 9.80. The zero-order valence-electron chi connectivity index (χ0n) is 16.0. The van der Waals surface area contributed by atoms with E-state index in [1.54, 1.807) is 13.4 Å². The van der Waals surface area contributed by atoms with Gasteiger partial charge in [-0.2, -0.15) is 0 Å². The van der Waals surface area contributed by atoms with Gasteiger partial charge in [0.15, 0.2) is 0 Å². The Labute approximate surface area is 164 Å². The number of anilines is 2. The number of piperazine rings is 1. The van der Waals surface area contributed by atoms with E-state index in [0.29, 0.717) is 11.7 Å². The van der Waals surface area contributed by atoms with Crippen LogP contribution in [0.5, 0.6) is 5.75 Å². The van der Waals surface area contributed by atoms with Gasteiger partial charge in [0.2, 0.25) is 0 Å². The fourth-order valence-corrected chi connectivity index (χ4v) is 3.98. The molecule has 0 unspecified atom stereocenters. The number of rotatable bonds is 4. The molecule has 5 rings (SSSR count). The molecule has 1 aliphatic heterocycles. The molecule has 0 amide bonds. The van der Waals surface area contributed by atoms with Crippen molar-refractivity contribution in [2.24, 2.45) is 0 Å². The van der Waals surface area contributed by atoms with E-state index in [2.05, 4.69) is 37.3 Å². The van der Waals surface area contributed by atoms with Crippen molar-refractivity contribution in [3.8, 4) is 17.0 Å². The Morgan fingerprint density at radius 2 is 1.96 bits per heavy atom. The third-order valence-corrected chi connectivity index (χ3v) is 5.57. The van der Waals surface area contributed by atoms with Crippen LogP contribution in [0.3, 0.4) is 0 Å². The highest BCUT2D eigenvalue weighted by molar-refractivity contribution is 5.95. The highest BCUT2D eigenvalue weighted by Gasteiger charge is 2.28. The quantitative estimate of drug-likeness (QED) is 0.723. The van der Waals surface area contributed by atoms with Gasteiger partial charge in [-0.05, 0) is 42.5 Å². The number of hydrogen-bond acceptors (Lipinski definition) is 7. The molecule has 3 N–H and O–H groups in total. The lowest BCUT2D eigenvalue weighted by Crippen LogP contribution is -2.44. The molecule has 28 heavy (non-hydrogen) atoms. The second-order valence-corrected chi connectivity index (χ2v) is 7.45. The Morgan fingerprint density at radius 1 is 1.14 bits per heavy atom. The van der Waals surface area contributed by atoms with E-state index in [4.69, 9.17) is 10.5 Å². The summed E-state index contributed by atoms with van der Waals surface area (Å²) in [6.07, 6.45) is 4.04. The summed E-state index contributed by atoms with van der Waals surface area (Å²) in [7, 11) is 1.70. The van der Waals surface area contributed by atoms with Crippen molar-refractivity contribution in [2.45, 2.75) is 18.8 Å². The van der Waals surface area contributed by atoms with Gasteiger partial charge in [0.1, 0.15) is 23.7 Å². The Hall–Kier alpha value is -2.93. The Bertz CT molecular complexity index is 1030. The Balaban J connectivity index is 1.68. The lowest BCUT2D eigenvalue weighted by Gasteiger charge is -2.29. The maximum atomic E-state index is 6.02. The van der Waals surface area contributed by atoms with Gasteiger partial charge in [0.05, 0.1) is 18.3 Å². The first-order chi connectivity index (χ1) is 13.7. The van der Waals surface area contributed by atoms with Gasteiger partial charge in [-0.1, -0.05) is 6.07 Å². The molecule has 0 bridgehead atoms. The second-order valence-electron chi connectivity index (χ2n) is 7.45. The standard InChI is InChI=1S/C21H24N6O/c1-28-18-11-15-17(24-12-25-21(15)27-8-6-23-7-9-27)10-16(18)20-14(13-2-3-13)4-5-19(22)26-20/h4-5,10-13,23H,2-3,6-9H2,1H3,(H2,22,26). The lowest BCUT2D eigenvalue weighted by molar-refractivity contribution is 0.417. The summed E-state index contributed by atoms with van der Waals surface area (Å²) in [5, 5.41) is 4.39. The number of aromatic nitrogens is 3. The van der Waals surface area contributed by atoms with Crippen molar-refractivity contribution in [3.05, 3.63) is 36.2 Å². The molecule has 1 aromatic carbocycles. The fraction of sp³-hybridized carbons (Fsp3) is 0.381. The Kier molecular flexibility index (Phi) is 4.24. The second kappa shape index (κ2) is 6.91. The molecule has 7 nitrogen and oxygen atoms in total. The highest BCUT2D eigenvalue weighted by Crippen LogP contribution is 2.46. The predicted octanol–water partition coefficient (Wildman–Crippen LogP) is 2.57. The molecule has 1 saturated carbocycles. The molecule has 0 radical (unpaired) electrons. The van der Waals surface area contributed by atoms with Crippen LogP contribution in [0.1, 0.15) is 24.3 Å². The molecular weight excluding hydrogens is 352 g/mol. The summed E-state index contributed by atoms with van der Waals surface area (Å²) < 4.78 is 5.78. The minimum Gasteiger partial charge on any atom is -0.496 e. The van der Waals surface area contributed by atoms with E-state index in [-0.39, 0.29) is 0 Å². The predicted molar refractivity (Wildman–Crippen MR) is 111 cm³/mol. The van der Waals surface area contributed by atoms with Crippen LogP contribution < -0.4 is 20.7 Å². The van der Waals surface area contributed by atoms with Crippen molar-refractivity contribution in [2.75, 3.05) is 43.9 Å². The van der Waals surface area contributed by atoms with Gasteiger partial charge in [-0.3, -0.25) is 0 Å². The molecule has 3 heterocycles. The third kappa shape index (κ3) is 3.01. The van der Waals surface area contributed by atoms with Crippen LogP contribution in [0.4, 0.5) is 11.6 Å². The molecular formula is C21H24N6O. The van der Waals surface area contributed by atoms with E-state index >= 15 is 0 Å². The van der Waals surface area contributed by atoms with Crippen molar-refractivity contribution >= 4 is 22.5 Å². The van der Waals surface area contributed by atoms with Gasteiger partial charge in [0, 0.05) is 37.1 Å². The van der Waals surface area contributed by atoms with Gasteiger partial charge in [0.25, 0.3) is 0 Å². The molecule has 3 aromatic rings. The summed E-state index contributed by atoms with van der Waals surface area (Å²) in [6, 6.07) is 8.10. The molecule has 1 aliphatic carbocycles. The maximum Gasteiger partial charge on any atom is 0.140 e. The number of nitrogen functional groups attached to an aromatic ring is 1. The van der Waals surface area contributed by atoms with Gasteiger partial charge >= 0.3 is 0 Å². The summed E-state index contributed by atoms with van der Waals surface area (Å²) in [6.45, 7) is 3.77. The number of nitrogens with zero attached hydrogens (tertiary/aromatic N) is 4. The SMILES string of the molecule is COc1cc2c(N3CCNCC3)ncnc2cc1-c1nc(N)ccc1C1CC1. The van der Waals surface area contributed by atoms with Gasteiger partial charge < -0.3 is 20.7 Å². The number of ether oxygens (including phenoxy) is 1. The molecule has 0 atom stereocenters. The average molecular weight is 376 g/mol. The van der Waals surface area contributed by atoms with E-state index in [1.165, 1.54) is 18.4 Å². The number of methoxy groups -OCH3 is 1. The minimum absolute atomic E-state index is 0.519. The molecule has 144 valence electrons. The monoisotopic (exact) mass is 376 g/mol. The summed E-state index contributed by atoms with van der Waals surface area (Å²) in [4.78, 5) is 16.1. The summed E-state index contributed by atoms with van der Waals surface area (Å²) in [5.41, 5.74) is 10.00. The van der Waals surface area contributed by atoms with Crippen LogP contribution in [0, 0.1) is 0 Å². The molecule has 1 saturated heterocycles. The van der Waals surface area contributed by atoms with E-state index in [0.717, 1.165) is 59.9 Å². The van der Waals surface area contributed by atoms with E-state index in [9.17, 15) is 0 Å². The number of benzene rings is 1. The maximum absolute atomic E-state index is 6.02. The number of pyridine rings is 1. The summed E-state index contributed by atoms with van der Waals surface area (Å²) >= 11 is 0. The van der Waals surface area contributed by atoms with Crippen LogP contribution in [0.2, 0.25) is 0 Å². The lowest BCUT2D eigenvalue weighted by atomic mass is 9.99. The zero-order chi connectivity index (χ0) is 19.1. The Morgan fingerprint density at radius 3 is 2.71 bits per heavy atom. The van der Waals surface area contributed by atoms with E-state index in [1.807, 2.05) is 12.1 Å². The number of nitrogens with two attached hydrogens (primary N) is 1. The smallest absolute Gasteiger partial charge is 0.140 e. The first kappa shape index (κ1) is 17.2. The highest BCUT2D eigenvalue weighted by atomic mass is 16.5.